The molecule has 0 bridgehead atoms. The Hall–Kier alpha value is -0.350. The van der Waals surface area contributed by atoms with Crippen molar-refractivity contribution in [2.24, 2.45) is 0 Å². The molecule has 11 heavy (non-hydrogen) atoms. The number of rotatable bonds is 0. The van der Waals surface area contributed by atoms with Crippen molar-refractivity contribution in [2.45, 2.75) is 13.8 Å². The van der Waals surface area contributed by atoms with Crippen LogP contribution in [0.25, 0.3) is 0 Å². The predicted molar refractivity (Wildman–Crippen MR) is 53.2 cm³/mol. The molecule has 0 fully saturated rings. The minimum Gasteiger partial charge on any atom is -0.220 e. The van der Waals surface area contributed by atoms with E-state index in [2.05, 4.69) is 5.10 Å². The highest BCUT2D eigenvalue weighted by Gasteiger charge is 2.03. The molecule has 0 saturated heterocycles. The molecular formula is C7H10N2S2. The molecular weight excluding hydrogens is 176 g/mol. The van der Waals surface area contributed by atoms with Gasteiger partial charge in [0.1, 0.15) is 0 Å². The van der Waals surface area contributed by atoms with Gasteiger partial charge in [-0.05, 0) is 26.2 Å². The van der Waals surface area contributed by atoms with Gasteiger partial charge in [0.15, 0.2) is 4.32 Å². The van der Waals surface area contributed by atoms with Crippen LogP contribution in [0.5, 0.6) is 0 Å². The number of thiocarbonyl (C=S) groups is 1. The number of aryl methyl sites for hydroxylation is 2. The molecule has 0 saturated carbocycles. The van der Waals surface area contributed by atoms with Crippen LogP contribution >= 0.6 is 24.0 Å². The topological polar surface area (TPSA) is 17.8 Å². The smallest absolute Gasteiger partial charge is 0.161 e. The zero-order valence-electron chi connectivity index (χ0n) is 6.79. The van der Waals surface area contributed by atoms with Crippen LogP contribution in [0.1, 0.15) is 11.4 Å². The number of thioether (sulfide) groups is 1. The Balaban J connectivity index is 3.03. The molecule has 1 heterocycles. The largest absolute Gasteiger partial charge is 0.220 e. The van der Waals surface area contributed by atoms with Gasteiger partial charge in [-0.15, -0.1) is 0 Å². The van der Waals surface area contributed by atoms with Gasteiger partial charge in [-0.3, -0.25) is 0 Å². The molecule has 0 atom stereocenters. The van der Waals surface area contributed by atoms with Gasteiger partial charge < -0.3 is 0 Å². The Morgan fingerprint density at radius 1 is 1.64 bits per heavy atom. The molecule has 2 nitrogen and oxygen atoms in total. The molecule has 60 valence electrons. The Morgan fingerprint density at radius 2 is 2.27 bits per heavy atom. The number of nitrogens with zero attached hydrogens (tertiary/aromatic N) is 2. The minimum atomic E-state index is 0.801. The SMILES string of the molecule is CSC(=S)n1nc(C)cc1C. The van der Waals surface area contributed by atoms with E-state index in [-0.39, 0.29) is 0 Å². The number of hydrogen-bond donors (Lipinski definition) is 0. The lowest BCUT2D eigenvalue weighted by atomic mass is 10.4. The Morgan fingerprint density at radius 3 is 2.64 bits per heavy atom. The molecule has 1 aromatic rings. The summed E-state index contributed by atoms with van der Waals surface area (Å²) in [6, 6.07) is 2.02. The summed E-state index contributed by atoms with van der Waals surface area (Å²) in [6.07, 6.45) is 1.96. The van der Waals surface area contributed by atoms with Crippen LogP contribution in [0, 0.1) is 13.8 Å². The molecule has 1 rings (SSSR count). The molecule has 1 aromatic heterocycles. The van der Waals surface area contributed by atoms with Gasteiger partial charge in [0, 0.05) is 5.69 Å². The first-order valence-corrected chi connectivity index (χ1v) is 4.90. The lowest BCUT2D eigenvalue weighted by Gasteiger charge is -2.00. The van der Waals surface area contributed by atoms with Crippen LogP contribution in [0.4, 0.5) is 0 Å². The van der Waals surface area contributed by atoms with Gasteiger partial charge in [0.05, 0.1) is 5.69 Å². The quantitative estimate of drug-likeness (QED) is 0.577. The lowest BCUT2D eigenvalue weighted by Crippen LogP contribution is -2.07. The second-order valence-electron chi connectivity index (χ2n) is 2.31. The third kappa shape index (κ3) is 1.81. The van der Waals surface area contributed by atoms with E-state index in [4.69, 9.17) is 12.2 Å². The molecule has 0 amide bonds. The molecule has 0 spiro atoms. The van der Waals surface area contributed by atoms with E-state index in [1.165, 1.54) is 11.8 Å². The summed E-state index contributed by atoms with van der Waals surface area (Å²) in [7, 11) is 0. The van der Waals surface area contributed by atoms with E-state index in [1.54, 1.807) is 4.68 Å². The van der Waals surface area contributed by atoms with Crippen molar-refractivity contribution in [3.05, 3.63) is 17.5 Å². The maximum Gasteiger partial charge on any atom is 0.161 e. The first-order chi connectivity index (χ1) is 5.15. The summed E-state index contributed by atoms with van der Waals surface area (Å²) in [5.74, 6) is 0. The van der Waals surface area contributed by atoms with E-state index in [0.717, 1.165) is 15.7 Å². The Labute approximate surface area is 76.0 Å². The highest BCUT2D eigenvalue weighted by molar-refractivity contribution is 8.22. The van der Waals surface area contributed by atoms with Crippen LogP contribution in [-0.2, 0) is 0 Å². The molecule has 0 unspecified atom stereocenters. The fourth-order valence-corrected chi connectivity index (χ4v) is 1.44. The number of hydrogen-bond acceptors (Lipinski definition) is 3. The van der Waals surface area contributed by atoms with Gasteiger partial charge >= 0.3 is 0 Å². The van der Waals surface area contributed by atoms with E-state index < -0.39 is 0 Å². The predicted octanol–water partition coefficient (Wildman–Crippen LogP) is 2.00. The summed E-state index contributed by atoms with van der Waals surface area (Å²) in [4.78, 5) is 0. The first-order valence-electron chi connectivity index (χ1n) is 3.26. The Bertz CT molecular complexity index is 278. The zero-order valence-corrected chi connectivity index (χ0v) is 8.42. The molecule has 0 aromatic carbocycles. The van der Waals surface area contributed by atoms with Gasteiger partial charge in [0.25, 0.3) is 0 Å². The third-order valence-corrected chi connectivity index (χ3v) is 2.55. The lowest BCUT2D eigenvalue weighted by molar-refractivity contribution is 0.906. The van der Waals surface area contributed by atoms with Crippen LogP contribution < -0.4 is 0 Å². The first kappa shape index (κ1) is 8.74. The Kier molecular flexibility index (Phi) is 2.67. The highest BCUT2D eigenvalue weighted by atomic mass is 32.2. The highest BCUT2D eigenvalue weighted by Crippen LogP contribution is 2.07. The van der Waals surface area contributed by atoms with Crippen LogP contribution in [0.3, 0.4) is 0 Å². The summed E-state index contributed by atoms with van der Waals surface area (Å²) >= 11 is 6.62. The van der Waals surface area contributed by atoms with Crippen molar-refractivity contribution >= 4 is 28.3 Å². The zero-order chi connectivity index (χ0) is 8.43. The average molecular weight is 186 g/mol. The molecule has 4 heteroatoms. The maximum atomic E-state index is 5.09. The monoisotopic (exact) mass is 186 g/mol. The second kappa shape index (κ2) is 3.36. The maximum absolute atomic E-state index is 5.09. The van der Waals surface area contributed by atoms with E-state index in [9.17, 15) is 0 Å². The summed E-state index contributed by atoms with van der Waals surface area (Å²) < 4.78 is 2.59. The van der Waals surface area contributed by atoms with Crippen LogP contribution in [0.2, 0.25) is 0 Å². The summed E-state index contributed by atoms with van der Waals surface area (Å²) in [6.45, 7) is 3.97. The van der Waals surface area contributed by atoms with Crippen molar-refractivity contribution < 1.29 is 0 Å². The van der Waals surface area contributed by atoms with Crippen molar-refractivity contribution in [1.29, 1.82) is 0 Å². The standard InChI is InChI=1S/C7H10N2S2/c1-5-4-6(2)9(8-5)7(10)11-3/h4H,1-3H3. The fourth-order valence-electron chi connectivity index (χ4n) is 0.900. The average Bonchev–Trinajstić information content (AvgIpc) is 2.28. The molecule has 0 radical (unpaired) electrons. The van der Waals surface area contributed by atoms with Gasteiger partial charge in [-0.2, -0.15) is 5.10 Å². The van der Waals surface area contributed by atoms with Crippen LogP contribution in [-0.4, -0.2) is 20.4 Å². The minimum absolute atomic E-state index is 0.801. The van der Waals surface area contributed by atoms with E-state index in [0.29, 0.717) is 0 Å². The van der Waals surface area contributed by atoms with Crippen molar-refractivity contribution in [1.82, 2.24) is 9.78 Å². The van der Waals surface area contributed by atoms with Gasteiger partial charge in [-0.1, -0.05) is 24.0 Å². The third-order valence-electron chi connectivity index (χ3n) is 1.36. The van der Waals surface area contributed by atoms with Crippen LogP contribution in [0.15, 0.2) is 6.07 Å². The van der Waals surface area contributed by atoms with E-state index >= 15 is 0 Å². The fraction of sp³-hybridized carbons (Fsp3) is 0.429. The van der Waals surface area contributed by atoms with Gasteiger partial charge in [0.2, 0.25) is 0 Å². The number of aromatic nitrogens is 2. The van der Waals surface area contributed by atoms with E-state index in [1.807, 2.05) is 26.2 Å². The van der Waals surface area contributed by atoms with Gasteiger partial charge in [-0.25, -0.2) is 4.68 Å². The normalized spacial score (nSPS) is 10.1. The summed E-state index contributed by atoms with van der Waals surface area (Å²) in [5, 5.41) is 4.24. The second-order valence-corrected chi connectivity index (χ2v) is 3.75. The summed E-state index contributed by atoms with van der Waals surface area (Å²) in [5.41, 5.74) is 2.11. The molecule has 0 aliphatic heterocycles. The van der Waals surface area contributed by atoms with Crippen molar-refractivity contribution in [3.8, 4) is 0 Å². The van der Waals surface area contributed by atoms with Crippen molar-refractivity contribution in [2.75, 3.05) is 6.26 Å². The molecule has 0 aliphatic rings. The van der Waals surface area contributed by atoms with Crippen molar-refractivity contribution in [3.63, 3.8) is 0 Å². The molecule has 0 aliphatic carbocycles. The molecule has 0 N–H and O–H groups in total.